The Kier molecular flexibility index (Phi) is 5.02. The summed E-state index contributed by atoms with van der Waals surface area (Å²) in [6, 6.07) is 7.77. The van der Waals surface area contributed by atoms with Crippen LogP contribution < -0.4 is 10.1 Å². The number of halogens is 1. The molecule has 21 heavy (non-hydrogen) atoms. The molecule has 1 aromatic heterocycles. The van der Waals surface area contributed by atoms with Gasteiger partial charge in [0.1, 0.15) is 22.5 Å². The summed E-state index contributed by atoms with van der Waals surface area (Å²) in [5.74, 6) is 2.50. The molecule has 1 aromatic carbocycles. The zero-order valence-electron chi connectivity index (χ0n) is 12.8. The van der Waals surface area contributed by atoms with Crippen molar-refractivity contribution in [1.29, 1.82) is 0 Å². The summed E-state index contributed by atoms with van der Waals surface area (Å²) in [6.07, 6.45) is 0. The van der Waals surface area contributed by atoms with E-state index in [-0.39, 0.29) is 5.92 Å². The molecule has 5 heteroatoms. The normalized spacial score (nSPS) is 10.8. The Morgan fingerprint density at radius 3 is 2.71 bits per heavy atom. The minimum atomic E-state index is 0.221. The average Bonchev–Trinajstić information content (AvgIpc) is 2.44. The van der Waals surface area contributed by atoms with E-state index >= 15 is 0 Å². The van der Waals surface area contributed by atoms with E-state index in [9.17, 15) is 0 Å². The van der Waals surface area contributed by atoms with Crippen molar-refractivity contribution in [2.45, 2.75) is 33.6 Å². The summed E-state index contributed by atoms with van der Waals surface area (Å²) in [6.45, 7) is 8.59. The molecular formula is C16H20ClN3O. The number of rotatable bonds is 5. The Hall–Kier alpha value is -1.81. The van der Waals surface area contributed by atoms with Gasteiger partial charge in [-0.1, -0.05) is 31.5 Å². The summed E-state index contributed by atoms with van der Waals surface area (Å²) >= 11 is 6.19. The molecule has 0 aliphatic heterocycles. The van der Waals surface area contributed by atoms with Crippen LogP contribution in [0.25, 0.3) is 0 Å². The summed E-state index contributed by atoms with van der Waals surface area (Å²) in [7, 11) is 0. The summed E-state index contributed by atoms with van der Waals surface area (Å²) in [5.41, 5.74) is 1.75. The molecule has 0 unspecified atom stereocenters. The summed E-state index contributed by atoms with van der Waals surface area (Å²) in [5, 5.41) is 3.78. The van der Waals surface area contributed by atoms with Gasteiger partial charge in [-0.05, 0) is 26.0 Å². The molecular weight excluding hydrogens is 286 g/mol. The highest BCUT2D eigenvalue weighted by atomic mass is 35.5. The van der Waals surface area contributed by atoms with Crippen molar-refractivity contribution in [3.63, 3.8) is 0 Å². The third-order valence-electron chi connectivity index (χ3n) is 3.03. The van der Waals surface area contributed by atoms with E-state index in [0.717, 1.165) is 28.6 Å². The van der Waals surface area contributed by atoms with Gasteiger partial charge in [-0.15, -0.1) is 0 Å². The molecule has 0 spiro atoms. The Morgan fingerprint density at radius 1 is 1.29 bits per heavy atom. The van der Waals surface area contributed by atoms with E-state index in [4.69, 9.17) is 16.3 Å². The van der Waals surface area contributed by atoms with Gasteiger partial charge in [-0.25, -0.2) is 9.97 Å². The van der Waals surface area contributed by atoms with Crippen LogP contribution in [0, 0.1) is 6.92 Å². The minimum absolute atomic E-state index is 0.221. The fourth-order valence-electron chi connectivity index (χ4n) is 1.85. The molecule has 0 radical (unpaired) electrons. The second-order valence-electron chi connectivity index (χ2n) is 5.09. The summed E-state index contributed by atoms with van der Waals surface area (Å²) < 4.78 is 5.50. The third-order valence-corrected chi connectivity index (χ3v) is 3.40. The first-order valence-electron chi connectivity index (χ1n) is 7.05. The van der Waals surface area contributed by atoms with Crippen molar-refractivity contribution in [2.24, 2.45) is 0 Å². The first kappa shape index (κ1) is 15.6. The van der Waals surface area contributed by atoms with Crippen molar-refractivity contribution in [1.82, 2.24) is 9.97 Å². The number of hydrogen-bond donors (Lipinski definition) is 1. The second-order valence-corrected chi connectivity index (χ2v) is 5.44. The van der Waals surface area contributed by atoms with Crippen LogP contribution in [0.2, 0.25) is 5.15 Å². The standard InChI is InChI=1S/C16H20ClN3O/c1-5-21-13-8-6-7-12(9-13)18-16-11(4)14(17)19-15(20-16)10(2)3/h6-10H,5H2,1-4H3,(H,18,19,20). The van der Waals surface area contributed by atoms with Gasteiger partial charge in [0.25, 0.3) is 0 Å². The van der Waals surface area contributed by atoms with E-state index < -0.39 is 0 Å². The molecule has 0 fully saturated rings. The molecule has 0 saturated heterocycles. The third kappa shape index (κ3) is 3.85. The molecule has 2 rings (SSSR count). The molecule has 1 N–H and O–H groups in total. The lowest BCUT2D eigenvalue weighted by atomic mass is 10.2. The van der Waals surface area contributed by atoms with Crippen LogP contribution in [-0.4, -0.2) is 16.6 Å². The molecule has 0 bridgehead atoms. The van der Waals surface area contributed by atoms with Crippen LogP contribution in [0.4, 0.5) is 11.5 Å². The highest BCUT2D eigenvalue weighted by Gasteiger charge is 2.12. The maximum absolute atomic E-state index is 6.19. The second kappa shape index (κ2) is 6.76. The van der Waals surface area contributed by atoms with Crippen molar-refractivity contribution in [3.05, 3.63) is 40.8 Å². The molecule has 0 amide bonds. The molecule has 0 saturated carbocycles. The zero-order valence-corrected chi connectivity index (χ0v) is 13.5. The maximum atomic E-state index is 6.19. The summed E-state index contributed by atoms with van der Waals surface area (Å²) in [4.78, 5) is 8.87. The van der Waals surface area contributed by atoms with Crippen LogP contribution in [0.3, 0.4) is 0 Å². The molecule has 0 aliphatic rings. The predicted octanol–water partition coefficient (Wildman–Crippen LogP) is 4.70. The number of anilines is 2. The van der Waals surface area contributed by atoms with Gasteiger partial charge in [-0.3, -0.25) is 0 Å². The SMILES string of the molecule is CCOc1cccc(Nc2nc(C(C)C)nc(Cl)c2C)c1. The lowest BCUT2D eigenvalue weighted by Crippen LogP contribution is -2.05. The van der Waals surface area contributed by atoms with Crippen LogP contribution in [0.1, 0.15) is 38.1 Å². The number of ether oxygens (including phenoxy) is 1. The lowest BCUT2D eigenvalue weighted by Gasteiger charge is -2.13. The van der Waals surface area contributed by atoms with Crippen LogP contribution >= 0.6 is 11.6 Å². The maximum Gasteiger partial charge on any atom is 0.138 e. The van der Waals surface area contributed by atoms with Crippen LogP contribution in [-0.2, 0) is 0 Å². The Bertz CT molecular complexity index is 629. The minimum Gasteiger partial charge on any atom is -0.494 e. The number of benzene rings is 1. The van der Waals surface area contributed by atoms with Gasteiger partial charge in [0.05, 0.1) is 6.61 Å². The fraction of sp³-hybridized carbons (Fsp3) is 0.375. The molecule has 4 nitrogen and oxygen atoms in total. The predicted molar refractivity (Wildman–Crippen MR) is 86.8 cm³/mol. The van der Waals surface area contributed by atoms with Gasteiger partial charge in [-0.2, -0.15) is 0 Å². The van der Waals surface area contributed by atoms with Crippen molar-refractivity contribution in [2.75, 3.05) is 11.9 Å². The zero-order chi connectivity index (χ0) is 15.4. The van der Waals surface area contributed by atoms with E-state index in [0.29, 0.717) is 11.8 Å². The Balaban J connectivity index is 2.32. The van der Waals surface area contributed by atoms with Crippen molar-refractivity contribution < 1.29 is 4.74 Å². The first-order valence-corrected chi connectivity index (χ1v) is 7.43. The number of aromatic nitrogens is 2. The van der Waals surface area contributed by atoms with E-state index in [2.05, 4.69) is 15.3 Å². The highest BCUT2D eigenvalue weighted by molar-refractivity contribution is 6.30. The van der Waals surface area contributed by atoms with E-state index in [1.54, 1.807) is 0 Å². The molecule has 0 atom stereocenters. The van der Waals surface area contributed by atoms with Gasteiger partial charge >= 0.3 is 0 Å². The number of hydrogen-bond acceptors (Lipinski definition) is 4. The Morgan fingerprint density at radius 2 is 2.05 bits per heavy atom. The lowest BCUT2D eigenvalue weighted by molar-refractivity contribution is 0.340. The molecule has 1 heterocycles. The largest absolute Gasteiger partial charge is 0.494 e. The van der Waals surface area contributed by atoms with E-state index in [1.165, 1.54) is 0 Å². The van der Waals surface area contributed by atoms with Crippen LogP contribution in [0.15, 0.2) is 24.3 Å². The number of nitrogens with one attached hydrogen (secondary N) is 1. The highest BCUT2D eigenvalue weighted by Crippen LogP contribution is 2.27. The molecule has 0 aliphatic carbocycles. The fourth-order valence-corrected chi connectivity index (χ4v) is 2.03. The average molecular weight is 306 g/mol. The first-order chi connectivity index (χ1) is 10.0. The van der Waals surface area contributed by atoms with Crippen molar-refractivity contribution in [3.8, 4) is 5.75 Å². The van der Waals surface area contributed by atoms with E-state index in [1.807, 2.05) is 52.0 Å². The van der Waals surface area contributed by atoms with Gasteiger partial charge < -0.3 is 10.1 Å². The smallest absolute Gasteiger partial charge is 0.138 e. The van der Waals surface area contributed by atoms with Gasteiger partial charge in [0.2, 0.25) is 0 Å². The molecule has 112 valence electrons. The molecule has 2 aromatic rings. The van der Waals surface area contributed by atoms with Crippen molar-refractivity contribution >= 4 is 23.1 Å². The topological polar surface area (TPSA) is 47.0 Å². The monoisotopic (exact) mass is 305 g/mol. The van der Waals surface area contributed by atoms with Crippen LogP contribution in [0.5, 0.6) is 5.75 Å². The Labute approximate surface area is 130 Å². The van der Waals surface area contributed by atoms with Gasteiger partial charge in [0, 0.05) is 23.2 Å². The number of nitrogens with zero attached hydrogens (tertiary/aromatic N) is 2. The quantitative estimate of drug-likeness (QED) is 0.813. The van der Waals surface area contributed by atoms with Gasteiger partial charge in [0.15, 0.2) is 0 Å².